The van der Waals surface area contributed by atoms with E-state index in [9.17, 15) is 9.59 Å². The van der Waals surface area contributed by atoms with Crippen molar-refractivity contribution in [3.8, 4) is 0 Å². The summed E-state index contributed by atoms with van der Waals surface area (Å²) in [5.74, 6) is -0.295. The van der Waals surface area contributed by atoms with Gasteiger partial charge in [-0.2, -0.15) is 0 Å². The maximum atomic E-state index is 11.4. The Labute approximate surface area is 110 Å². The molecule has 0 aliphatic rings. The number of esters is 1. The second-order valence-corrected chi connectivity index (χ2v) is 4.66. The van der Waals surface area contributed by atoms with E-state index in [1.54, 1.807) is 12.1 Å². The summed E-state index contributed by atoms with van der Waals surface area (Å²) >= 11 is 0. The number of hydrogen-bond acceptors (Lipinski definition) is 4. The number of ether oxygens (including phenoxy) is 1. The Morgan fingerprint density at radius 2 is 2.05 bits per heavy atom. The number of carbonyl (C=O) groups is 1. The number of aromatic amines is 2. The molecule has 1 aromatic heterocycles. The third-order valence-corrected chi connectivity index (χ3v) is 2.63. The van der Waals surface area contributed by atoms with Gasteiger partial charge in [0, 0.05) is 6.04 Å². The maximum absolute atomic E-state index is 11.4. The summed E-state index contributed by atoms with van der Waals surface area (Å²) in [6.45, 7) is 4.32. The molecule has 6 nitrogen and oxygen atoms in total. The second kappa shape index (κ2) is 5.71. The molecule has 0 aliphatic heterocycles. The number of hydrogen-bond donors (Lipinski definition) is 3. The fourth-order valence-corrected chi connectivity index (χ4v) is 1.67. The molecule has 0 spiro atoms. The zero-order valence-corrected chi connectivity index (χ0v) is 10.9. The number of aromatic nitrogens is 2. The Balaban J connectivity index is 1.94. The average Bonchev–Trinajstić information content (AvgIpc) is 2.73. The highest BCUT2D eigenvalue weighted by Crippen LogP contribution is 2.10. The molecule has 6 heteroatoms. The van der Waals surface area contributed by atoms with Gasteiger partial charge in [0.25, 0.3) is 0 Å². The Bertz CT molecular complexity index is 627. The van der Waals surface area contributed by atoms with Gasteiger partial charge >= 0.3 is 11.7 Å². The first-order chi connectivity index (χ1) is 9.04. The predicted octanol–water partition coefficient (Wildman–Crippen LogP) is 0.897. The zero-order chi connectivity index (χ0) is 13.8. The van der Waals surface area contributed by atoms with E-state index in [1.165, 1.54) is 0 Å². The van der Waals surface area contributed by atoms with Gasteiger partial charge in [-0.25, -0.2) is 4.79 Å². The molecule has 0 aliphatic carbocycles. The molecule has 0 bridgehead atoms. The first kappa shape index (κ1) is 13.4. The van der Waals surface area contributed by atoms with Crippen LogP contribution in [0.4, 0.5) is 0 Å². The highest BCUT2D eigenvalue weighted by molar-refractivity contribution is 5.75. The van der Waals surface area contributed by atoms with Crippen molar-refractivity contribution in [3.63, 3.8) is 0 Å². The van der Waals surface area contributed by atoms with Crippen molar-refractivity contribution in [1.29, 1.82) is 0 Å². The molecule has 1 aromatic carbocycles. The maximum Gasteiger partial charge on any atom is 0.323 e. The fourth-order valence-electron chi connectivity index (χ4n) is 1.67. The van der Waals surface area contributed by atoms with E-state index in [4.69, 9.17) is 4.74 Å². The van der Waals surface area contributed by atoms with Crippen molar-refractivity contribution >= 4 is 17.0 Å². The topological polar surface area (TPSA) is 87.0 Å². The SMILES string of the molecule is CC(C)NCC(=O)OCc1ccc2[nH]c(=O)[nH]c2c1. The number of fused-ring (bicyclic) bond motifs is 1. The highest BCUT2D eigenvalue weighted by Gasteiger charge is 2.05. The van der Waals surface area contributed by atoms with Crippen molar-refractivity contribution in [2.75, 3.05) is 6.54 Å². The fraction of sp³-hybridized carbons (Fsp3) is 0.385. The molecule has 0 radical (unpaired) electrons. The minimum atomic E-state index is -0.295. The molecule has 102 valence electrons. The lowest BCUT2D eigenvalue weighted by atomic mass is 10.2. The molecule has 0 saturated heterocycles. The molecule has 0 fully saturated rings. The zero-order valence-electron chi connectivity index (χ0n) is 10.9. The second-order valence-electron chi connectivity index (χ2n) is 4.66. The summed E-state index contributed by atoms with van der Waals surface area (Å²) in [4.78, 5) is 27.9. The van der Waals surface area contributed by atoms with Crippen molar-refractivity contribution < 1.29 is 9.53 Å². The van der Waals surface area contributed by atoms with E-state index in [0.717, 1.165) is 11.1 Å². The largest absolute Gasteiger partial charge is 0.460 e. The molecule has 0 atom stereocenters. The molecule has 0 unspecified atom stereocenters. The minimum absolute atomic E-state index is 0.195. The van der Waals surface area contributed by atoms with Crippen LogP contribution in [0.1, 0.15) is 19.4 Å². The van der Waals surface area contributed by atoms with Crippen LogP contribution in [0.3, 0.4) is 0 Å². The summed E-state index contributed by atoms with van der Waals surface area (Å²) in [7, 11) is 0. The normalized spacial score (nSPS) is 11.1. The number of rotatable bonds is 5. The van der Waals surface area contributed by atoms with E-state index in [-0.39, 0.29) is 30.9 Å². The molecule has 3 N–H and O–H groups in total. The molecule has 1 heterocycles. The smallest absolute Gasteiger partial charge is 0.323 e. The van der Waals surface area contributed by atoms with Crippen LogP contribution in [-0.2, 0) is 16.1 Å². The number of nitrogens with one attached hydrogen (secondary N) is 3. The van der Waals surface area contributed by atoms with Gasteiger partial charge < -0.3 is 20.0 Å². The van der Waals surface area contributed by atoms with Crippen LogP contribution < -0.4 is 11.0 Å². The van der Waals surface area contributed by atoms with E-state index >= 15 is 0 Å². The Morgan fingerprint density at radius 1 is 1.32 bits per heavy atom. The van der Waals surface area contributed by atoms with Crippen LogP contribution >= 0.6 is 0 Å². The van der Waals surface area contributed by atoms with Gasteiger partial charge in [-0.15, -0.1) is 0 Å². The summed E-state index contributed by atoms with van der Waals surface area (Å²) < 4.78 is 5.13. The minimum Gasteiger partial charge on any atom is -0.460 e. The number of H-pyrrole nitrogens is 2. The molecule has 0 saturated carbocycles. The van der Waals surface area contributed by atoms with Crippen LogP contribution in [0.5, 0.6) is 0 Å². The van der Waals surface area contributed by atoms with Crippen molar-refractivity contribution in [3.05, 3.63) is 34.2 Å². The van der Waals surface area contributed by atoms with Gasteiger partial charge in [-0.3, -0.25) is 4.79 Å². The molecule has 2 aromatic rings. The van der Waals surface area contributed by atoms with Crippen LogP contribution in [-0.4, -0.2) is 28.5 Å². The van der Waals surface area contributed by atoms with E-state index in [2.05, 4.69) is 15.3 Å². The molecule has 0 amide bonds. The summed E-state index contributed by atoms with van der Waals surface area (Å²) in [5, 5.41) is 2.99. The van der Waals surface area contributed by atoms with E-state index in [0.29, 0.717) is 5.52 Å². The predicted molar refractivity (Wildman–Crippen MR) is 71.9 cm³/mol. The number of imidazole rings is 1. The standard InChI is InChI=1S/C13H17N3O3/c1-8(2)14-6-12(17)19-7-9-3-4-10-11(5-9)16-13(18)15-10/h3-5,8,14H,6-7H2,1-2H3,(H2,15,16,18). The first-order valence-corrected chi connectivity index (χ1v) is 6.14. The summed E-state index contributed by atoms with van der Waals surface area (Å²) in [6, 6.07) is 5.63. The number of carbonyl (C=O) groups excluding carboxylic acids is 1. The monoisotopic (exact) mass is 263 g/mol. The Kier molecular flexibility index (Phi) is 4.01. The quantitative estimate of drug-likeness (QED) is 0.699. The van der Waals surface area contributed by atoms with Gasteiger partial charge in [0.2, 0.25) is 0 Å². The highest BCUT2D eigenvalue weighted by atomic mass is 16.5. The van der Waals surface area contributed by atoms with Gasteiger partial charge in [0.05, 0.1) is 17.6 Å². The Morgan fingerprint density at radius 3 is 2.79 bits per heavy atom. The summed E-state index contributed by atoms with van der Waals surface area (Å²) in [5.41, 5.74) is 2.03. The van der Waals surface area contributed by atoms with Gasteiger partial charge in [-0.05, 0) is 17.7 Å². The van der Waals surface area contributed by atoms with E-state index < -0.39 is 0 Å². The first-order valence-electron chi connectivity index (χ1n) is 6.14. The molecular formula is C13H17N3O3. The van der Waals surface area contributed by atoms with E-state index in [1.807, 2.05) is 19.9 Å². The van der Waals surface area contributed by atoms with Crippen LogP contribution in [0, 0.1) is 0 Å². The lowest BCUT2D eigenvalue weighted by Crippen LogP contribution is -2.30. The molecular weight excluding hydrogens is 246 g/mol. The average molecular weight is 263 g/mol. The van der Waals surface area contributed by atoms with Crippen molar-refractivity contribution in [1.82, 2.24) is 15.3 Å². The summed E-state index contributed by atoms with van der Waals surface area (Å²) in [6.07, 6.45) is 0. The number of benzene rings is 1. The lowest BCUT2D eigenvalue weighted by Gasteiger charge is -2.08. The van der Waals surface area contributed by atoms with Crippen LogP contribution in [0.2, 0.25) is 0 Å². The third-order valence-electron chi connectivity index (χ3n) is 2.63. The molecule has 2 rings (SSSR count). The van der Waals surface area contributed by atoms with Crippen LogP contribution in [0.15, 0.2) is 23.0 Å². The van der Waals surface area contributed by atoms with Crippen LogP contribution in [0.25, 0.3) is 11.0 Å². The van der Waals surface area contributed by atoms with Gasteiger partial charge in [0.1, 0.15) is 6.61 Å². The third kappa shape index (κ3) is 3.69. The lowest BCUT2D eigenvalue weighted by molar-refractivity contribution is -0.143. The van der Waals surface area contributed by atoms with Gasteiger partial charge in [0.15, 0.2) is 0 Å². The van der Waals surface area contributed by atoms with Crippen molar-refractivity contribution in [2.24, 2.45) is 0 Å². The molecule has 19 heavy (non-hydrogen) atoms. The van der Waals surface area contributed by atoms with Crippen molar-refractivity contribution in [2.45, 2.75) is 26.5 Å². The Hall–Kier alpha value is -2.08. The van der Waals surface area contributed by atoms with Gasteiger partial charge in [-0.1, -0.05) is 19.9 Å².